The van der Waals surface area contributed by atoms with Gasteiger partial charge in [0.15, 0.2) is 5.75 Å². The number of aromatic nitrogens is 4. The van der Waals surface area contributed by atoms with Crippen LogP contribution in [0.25, 0.3) is 16.9 Å². The molecule has 134 valence electrons. The van der Waals surface area contributed by atoms with Crippen molar-refractivity contribution in [1.82, 2.24) is 19.7 Å². The van der Waals surface area contributed by atoms with E-state index in [1.54, 1.807) is 6.07 Å². The van der Waals surface area contributed by atoms with Crippen molar-refractivity contribution < 1.29 is 14.6 Å². The number of ether oxygens (including phenoxy) is 1. The highest BCUT2D eigenvalue weighted by atomic mass is 16.7. The van der Waals surface area contributed by atoms with Crippen molar-refractivity contribution in [2.75, 3.05) is 0 Å². The van der Waals surface area contributed by atoms with Gasteiger partial charge in [-0.1, -0.05) is 36.4 Å². The van der Waals surface area contributed by atoms with E-state index in [2.05, 4.69) is 19.8 Å². The fourth-order valence-corrected chi connectivity index (χ4v) is 2.80. The molecule has 8 heteroatoms. The van der Waals surface area contributed by atoms with Gasteiger partial charge in [-0.25, -0.2) is 14.5 Å². The summed E-state index contributed by atoms with van der Waals surface area (Å²) in [4.78, 5) is 30.1. The van der Waals surface area contributed by atoms with Crippen LogP contribution in [0.4, 0.5) is 4.79 Å². The highest BCUT2D eigenvalue weighted by Gasteiger charge is 2.10. The largest absolute Gasteiger partial charge is 0.511 e. The van der Waals surface area contributed by atoms with Crippen LogP contribution in [0.2, 0.25) is 0 Å². The molecule has 0 amide bonds. The summed E-state index contributed by atoms with van der Waals surface area (Å²) in [5.74, 6) is 0.201. The van der Waals surface area contributed by atoms with E-state index >= 15 is 0 Å². The molecule has 27 heavy (non-hydrogen) atoms. The van der Waals surface area contributed by atoms with E-state index in [-0.39, 0.29) is 17.3 Å². The minimum absolute atomic E-state index is 0.0310. The first-order valence-electron chi connectivity index (χ1n) is 8.11. The summed E-state index contributed by atoms with van der Waals surface area (Å²) >= 11 is 0. The molecule has 0 saturated heterocycles. The SMILES string of the molecule is O=C(O)Oc1cnn(-c2nc3ccc(Cc4ccccc4)cc3c(=O)[nH]2)c1. The predicted molar refractivity (Wildman–Crippen MR) is 97.4 cm³/mol. The van der Waals surface area contributed by atoms with Crippen molar-refractivity contribution in [2.45, 2.75) is 6.42 Å². The first-order valence-corrected chi connectivity index (χ1v) is 8.11. The van der Waals surface area contributed by atoms with Gasteiger partial charge in [-0.3, -0.25) is 9.78 Å². The van der Waals surface area contributed by atoms with Gasteiger partial charge in [-0.2, -0.15) is 5.10 Å². The van der Waals surface area contributed by atoms with Crippen molar-refractivity contribution in [3.05, 3.63) is 82.4 Å². The topological polar surface area (TPSA) is 110 Å². The molecule has 4 aromatic rings. The Kier molecular flexibility index (Phi) is 4.13. The predicted octanol–water partition coefficient (Wildman–Crippen LogP) is 2.76. The Labute approximate surface area is 152 Å². The maximum atomic E-state index is 12.5. The van der Waals surface area contributed by atoms with Crippen molar-refractivity contribution in [3.63, 3.8) is 0 Å². The van der Waals surface area contributed by atoms with Gasteiger partial charge in [0.2, 0.25) is 5.95 Å². The number of fused-ring (bicyclic) bond motifs is 1. The van der Waals surface area contributed by atoms with Crippen molar-refractivity contribution in [2.24, 2.45) is 0 Å². The average Bonchev–Trinajstić information content (AvgIpc) is 3.11. The van der Waals surface area contributed by atoms with E-state index in [1.807, 2.05) is 42.5 Å². The lowest BCUT2D eigenvalue weighted by Crippen LogP contribution is -2.14. The molecule has 0 bridgehead atoms. The Hall–Kier alpha value is -3.94. The van der Waals surface area contributed by atoms with Crippen LogP contribution in [-0.2, 0) is 6.42 Å². The lowest BCUT2D eigenvalue weighted by Gasteiger charge is -2.05. The molecule has 0 fully saturated rings. The molecule has 2 heterocycles. The van der Waals surface area contributed by atoms with E-state index in [4.69, 9.17) is 5.11 Å². The molecule has 0 atom stereocenters. The van der Waals surface area contributed by atoms with Crippen molar-refractivity contribution in [3.8, 4) is 11.7 Å². The molecule has 2 aromatic carbocycles. The summed E-state index contributed by atoms with van der Waals surface area (Å²) in [7, 11) is 0. The van der Waals surface area contributed by atoms with E-state index in [9.17, 15) is 9.59 Å². The maximum absolute atomic E-state index is 12.5. The molecule has 4 rings (SSSR count). The van der Waals surface area contributed by atoms with Crippen LogP contribution in [0.1, 0.15) is 11.1 Å². The van der Waals surface area contributed by atoms with Crippen LogP contribution >= 0.6 is 0 Å². The second-order valence-electron chi connectivity index (χ2n) is 5.89. The van der Waals surface area contributed by atoms with Crippen LogP contribution in [0.3, 0.4) is 0 Å². The minimum atomic E-state index is -1.44. The fraction of sp³-hybridized carbons (Fsp3) is 0.0526. The highest BCUT2D eigenvalue weighted by molar-refractivity contribution is 5.78. The fourth-order valence-electron chi connectivity index (χ4n) is 2.80. The molecule has 2 N–H and O–H groups in total. The second kappa shape index (κ2) is 6.75. The normalized spacial score (nSPS) is 10.8. The Balaban J connectivity index is 1.68. The summed E-state index contributed by atoms with van der Waals surface area (Å²) in [5.41, 5.74) is 2.37. The maximum Gasteiger partial charge on any atom is 0.511 e. The third-order valence-electron chi connectivity index (χ3n) is 3.99. The Morgan fingerprint density at radius 1 is 1.15 bits per heavy atom. The van der Waals surface area contributed by atoms with Gasteiger partial charge in [0.1, 0.15) is 0 Å². The summed E-state index contributed by atoms with van der Waals surface area (Å²) in [6.45, 7) is 0. The van der Waals surface area contributed by atoms with Gasteiger partial charge in [0.25, 0.3) is 5.56 Å². The third kappa shape index (κ3) is 3.54. The van der Waals surface area contributed by atoms with E-state index in [1.165, 1.54) is 17.1 Å². The zero-order chi connectivity index (χ0) is 18.8. The number of nitrogens with zero attached hydrogens (tertiary/aromatic N) is 3. The van der Waals surface area contributed by atoms with Gasteiger partial charge < -0.3 is 9.84 Å². The van der Waals surface area contributed by atoms with Crippen molar-refractivity contribution >= 4 is 17.1 Å². The molecule has 0 aliphatic rings. The quantitative estimate of drug-likeness (QED) is 0.540. The number of rotatable bonds is 4. The standard InChI is InChI=1S/C19H14N4O4/c24-17-15-9-13(8-12-4-2-1-3-5-12)6-7-16(15)21-18(22-17)23-11-14(10-20-23)27-19(25)26/h1-7,9-11H,8H2,(H,25,26)(H,21,22,24). The second-order valence-corrected chi connectivity index (χ2v) is 5.89. The lowest BCUT2D eigenvalue weighted by molar-refractivity contribution is 0.144. The number of carboxylic acid groups (broad SMARTS) is 1. The number of carbonyl (C=O) groups is 1. The molecule has 0 unspecified atom stereocenters. The monoisotopic (exact) mass is 362 g/mol. The molecule has 0 saturated carbocycles. The third-order valence-corrected chi connectivity index (χ3v) is 3.99. The Morgan fingerprint density at radius 3 is 2.74 bits per heavy atom. The number of aromatic amines is 1. The van der Waals surface area contributed by atoms with Gasteiger partial charge in [-0.15, -0.1) is 0 Å². The van der Waals surface area contributed by atoms with E-state index in [0.29, 0.717) is 17.3 Å². The molecule has 0 aliphatic heterocycles. The molecule has 0 radical (unpaired) electrons. The number of hydrogen-bond donors (Lipinski definition) is 2. The Morgan fingerprint density at radius 2 is 1.96 bits per heavy atom. The molecule has 8 nitrogen and oxygen atoms in total. The number of nitrogens with one attached hydrogen (secondary N) is 1. The molecule has 0 aliphatic carbocycles. The first kappa shape index (κ1) is 16.5. The zero-order valence-corrected chi connectivity index (χ0v) is 14.0. The van der Waals surface area contributed by atoms with Crippen LogP contribution in [0.15, 0.2) is 65.7 Å². The van der Waals surface area contributed by atoms with Crippen LogP contribution in [0.5, 0.6) is 5.75 Å². The number of hydrogen-bond acceptors (Lipinski definition) is 5. The number of benzene rings is 2. The van der Waals surface area contributed by atoms with Gasteiger partial charge in [0.05, 0.1) is 23.3 Å². The summed E-state index contributed by atoms with van der Waals surface area (Å²) in [6, 6.07) is 15.5. The number of H-pyrrole nitrogens is 1. The Bertz CT molecular complexity index is 1180. The first-order chi connectivity index (χ1) is 13.1. The minimum Gasteiger partial charge on any atom is -0.449 e. The molecule has 0 spiro atoms. The van der Waals surface area contributed by atoms with Crippen LogP contribution in [-0.4, -0.2) is 31.0 Å². The smallest absolute Gasteiger partial charge is 0.449 e. The van der Waals surface area contributed by atoms with E-state index < -0.39 is 6.16 Å². The van der Waals surface area contributed by atoms with Gasteiger partial charge in [-0.05, 0) is 29.7 Å². The molecular weight excluding hydrogens is 348 g/mol. The average molecular weight is 362 g/mol. The summed E-state index contributed by atoms with van der Waals surface area (Å²) in [6.07, 6.45) is 1.82. The van der Waals surface area contributed by atoms with Gasteiger partial charge in [0, 0.05) is 0 Å². The zero-order valence-electron chi connectivity index (χ0n) is 14.0. The van der Waals surface area contributed by atoms with Crippen molar-refractivity contribution in [1.29, 1.82) is 0 Å². The highest BCUT2D eigenvalue weighted by Crippen LogP contribution is 2.16. The molecular formula is C19H14N4O4. The molecule has 2 aromatic heterocycles. The lowest BCUT2D eigenvalue weighted by atomic mass is 10.0. The van der Waals surface area contributed by atoms with Gasteiger partial charge >= 0.3 is 6.16 Å². The summed E-state index contributed by atoms with van der Waals surface area (Å²) in [5, 5.41) is 13.1. The van der Waals surface area contributed by atoms with Crippen LogP contribution in [0, 0.1) is 0 Å². The summed E-state index contributed by atoms with van der Waals surface area (Å²) < 4.78 is 5.77. The van der Waals surface area contributed by atoms with E-state index in [0.717, 1.165) is 11.1 Å². The van der Waals surface area contributed by atoms with Crippen LogP contribution < -0.4 is 10.3 Å².